The predicted octanol–water partition coefficient (Wildman–Crippen LogP) is 3.05. The van der Waals surface area contributed by atoms with Gasteiger partial charge in [-0.05, 0) is 37.6 Å². The van der Waals surface area contributed by atoms with Crippen LogP contribution >= 0.6 is 0 Å². The van der Waals surface area contributed by atoms with Gasteiger partial charge in [-0.2, -0.15) is 4.31 Å². The zero-order chi connectivity index (χ0) is 22.1. The van der Waals surface area contributed by atoms with Crippen LogP contribution in [0.5, 0.6) is 11.5 Å². The molecule has 2 atom stereocenters. The van der Waals surface area contributed by atoms with Gasteiger partial charge in [0.1, 0.15) is 23.1 Å². The van der Waals surface area contributed by atoms with Gasteiger partial charge in [0.05, 0.1) is 19.4 Å². The van der Waals surface area contributed by atoms with E-state index in [1.165, 1.54) is 7.05 Å². The summed E-state index contributed by atoms with van der Waals surface area (Å²) in [6.45, 7) is 3.91. The Hall–Kier alpha value is -2.58. The topological polar surface area (TPSA) is 84.9 Å². The number of hydrogen-bond acceptors (Lipinski definition) is 5. The number of ether oxygens (including phenoxy) is 2. The lowest BCUT2D eigenvalue weighted by Gasteiger charge is -2.39. The van der Waals surface area contributed by atoms with Crippen molar-refractivity contribution in [2.24, 2.45) is 0 Å². The fraction of sp³-hybridized carbons (Fsp3) is 0.409. The monoisotopic (exact) mass is 432 g/mol. The summed E-state index contributed by atoms with van der Waals surface area (Å²) >= 11 is 0. The predicted molar refractivity (Wildman–Crippen MR) is 115 cm³/mol. The average molecular weight is 433 g/mol. The van der Waals surface area contributed by atoms with Crippen molar-refractivity contribution < 1.29 is 22.7 Å². The third-order valence-electron chi connectivity index (χ3n) is 5.24. The van der Waals surface area contributed by atoms with Crippen LogP contribution in [-0.2, 0) is 14.8 Å². The maximum absolute atomic E-state index is 13.4. The molecule has 1 amide bonds. The zero-order valence-corrected chi connectivity index (χ0v) is 18.7. The normalized spacial score (nSPS) is 18.8. The number of likely N-dealkylation sites (N-methyl/N-ethyl adjacent to an activating group) is 1. The highest BCUT2D eigenvalue weighted by Crippen LogP contribution is 2.41. The third-order valence-corrected chi connectivity index (χ3v) is 6.50. The number of fused-ring (bicyclic) bond motifs is 1. The second-order valence-electron chi connectivity index (χ2n) is 8.12. The van der Waals surface area contributed by atoms with Gasteiger partial charge in [0.15, 0.2) is 0 Å². The fourth-order valence-corrected chi connectivity index (χ4v) is 4.29. The summed E-state index contributed by atoms with van der Waals surface area (Å²) in [5, 5.41) is 3.05. The van der Waals surface area contributed by atoms with Crippen molar-refractivity contribution in [3.63, 3.8) is 0 Å². The van der Waals surface area contributed by atoms with E-state index in [0.29, 0.717) is 23.5 Å². The second-order valence-corrected chi connectivity index (χ2v) is 10.2. The Labute approximate surface area is 178 Å². The van der Waals surface area contributed by atoms with Crippen LogP contribution in [0.2, 0.25) is 0 Å². The lowest BCUT2D eigenvalue weighted by molar-refractivity contribution is -0.126. The molecule has 0 bridgehead atoms. The number of carbonyl (C=O) groups is 1. The summed E-state index contributed by atoms with van der Waals surface area (Å²) < 4.78 is 37.0. The first kappa shape index (κ1) is 22.1. The molecule has 1 N–H and O–H groups in total. The summed E-state index contributed by atoms with van der Waals surface area (Å²) in [5.41, 5.74) is 0.904. The quantitative estimate of drug-likeness (QED) is 0.758. The van der Waals surface area contributed by atoms with Gasteiger partial charge in [-0.3, -0.25) is 4.79 Å². The molecule has 0 unspecified atom stereocenters. The number of carbonyl (C=O) groups excluding carboxylic acids is 1. The van der Waals surface area contributed by atoms with E-state index >= 15 is 0 Å². The Morgan fingerprint density at radius 1 is 1.23 bits per heavy atom. The Morgan fingerprint density at radius 3 is 2.50 bits per heavy atom. The first-order chi connectivity index (χ1) is 14.0. The summed E-state index contributed by atoms with van der Waals surface area (Å²) in [6.07, 6.45) is 1.62. The van der Waals surface area contributed by atoms with Crippen LogP contribution in [0.15, 0.2) is 48.5 Å². The lowest BCUT2D eigenvalue weighted by Crippen LogP contribution is -2.46. The average Bonchev–Trinajstić information content (AvgIpc) is 2.67. The molecule has 0 aromatic heterocycles. The molecule has 30 heavy (non-hydrogen) atoms. The van der Waals surface area contributed by atoms with Crippen LogP contribution < -0.4 is 14.8 Å². The summed E-state index contributed by atoms with van der Waals surface area (Å²) in [6, 6.07) is 13.0. The maximum Gasteiger partial charge on any atom is 0.243 e. The van der Waals surface area contributed by atoms with Crippen molar-refractivity contribution in [1.29, 1.82) is 0 Å². The van der Waals surface area contributed by atoms with Gasteiger partial charge in [0.2, 0.25) is 15.9 Å². The number of nitrogens with one attached hydrogen (secondary N) is 1. The van der Waals surface area contributed by atoms with E-state index in [2.05, 4.69) is 5.32 Å². The van der Waals surface area contributed by atoms with Gasteiger partial charge in [-0.25, -0.2) is 8.42 Å². The molecule has 0 fully saturated rings. The second kappa shape index (κ2) is 8.28. The van der Waals surface area contributed by atoms with Crippen molar-refractivity contribution >= 4 is 15.9 Å². The Balaban J connectivity index is 1.98. The molecule has 3 rings (SSSR count). The van der Waals surface area contributed by atoms with Crippen LogP contribution in [0, 0.1) is 0 Å². The van der Waals surface area contributed by atoms with Crippen molar-refractivity contribution in [2.75, 3.05) is 20.4 Å². The number of rotatable bonds is 6. The first-order valence-corrected chi connectivity index (χ1v) is 11.5. The number of nitrogens with zero attached hydrogens (tertiary/aromatic N) is 1. The molecule has 0 spiro atoms. The van der Waals surface area contributed by atoms with Crippen molar-refractivity contribution in [2.45, 2.75) is 38.0 Å². The fourth-order valence-electron chi connectivity index (χ4n) is 3.69. The van der Waals surface area contributed by atoms with E-state index in [4.69, 9.17) is 9.47 Å². The standard InChI is InChI=1S/C22H28N2O5S/c1-22(2)14-18(17-13-16(28-4)11-12-19(17)29-22)23-21(25)20(24(3)30(5,26)27)15-9-7-6-8-10-15/h6-13,18,20H,14H2,1-5H3,(H,23,25)/t18-,20+/m1/s1. The molecule has 2 aromatic rings. The molecular weight excluding hydrogens is 404 g/mol. The minimum Gasteiger partial charge on any atom is -0.497 e. The summed E-state index contributed by atoms with van der Waals surface area (Å²) in [5.74, 6) is 0.930. The number of amides is 1. The molecule has 0 saturated carbocycles. The molecule has 1 aliphatic heterocycles. The minimum atomic E-state index is -3.60. The Kier molecular flexibility index (Phi) is 6.10. The van der Waals surface area contributed by atoms with E-state index < -0.39 is 27.6 Å². The van der Waals surface area contributed by atoms with Gasteiger partial charge in [-0.15, -0.1) is 0 Å². The van der Waals surface area contributed by atoms with Crippen molar-refractivity contribution in [1.82, 2.24) is 9.62 Å². The third kappa shape index (κ3) is 4.76. The molecule has 162 valence electrons. The molecule has 0 aliphatic carbocycles. The molecule has 7 nitrogen and oxygen atoms in total. The summed E-state index contributed by atoms with van der Waals surface area (Å²) in [7, 11) is -0.609. The number of methoxy groups -OCH3 is 1. The van der Waals surface area contributed by atoms with Crippen LogP contribution in [0.1, 0.15) is 43.5 Å². The lowest BCUT2D eigenvalue weighted by atomic mass is 9.89. The largest absolute Gasteiger partial charge is 0.497 e. The Bertz CT molecular complexity index is 1020. The van der Waals surface area contributed by atoms with Gasteiger partial charge in [0, 0.05) is 19.0 Å². The maximum atomic E-state index is 13.4. The highest BCUT2D eigenvalue weighted by atomic mass is 32.2. The molecule has 0 radical (unpaired) electrons. The van der Waals surface area contributed by atoms with Crippen molar-refractivity contribution in [3.05, 3.63) is 59.7 Å². The van der Waals surface area contributed by atoms with Crippen LogP contribution in [0.4, 0.5) is 0 Å². The smallest absolute Gasteiger partial charge is 0.243 e. The summed E-state index contributed by atoms with van der Waals surface area (Å²) in [4.78, 5) is 13.4. The van der Waals surface area contributed by atoms with Gasteiger partial charge >= 0.3 is 0 Å². The van der Waals surface area contributed by atoms with E-state index in [-0.39, 0.29) is 6.04 Å². The SMILES string of the molecule is COc1ccc2c(c1)[C@H](NC(=O)[C@H](c1ccccc1)N(C)S(C)(=O)=O)CC(C)(C)O2. The molecule has 8 heteroatoms. The molecule has 1 aliphatic rings. The Morgan fingerprint density at radius 2 is 1.90 bits per heavy atom. The first-order valence-electron chi connectivity index (χ1n) is 9.67. The van der Waals surface area contributed by atoms with E-state index in [1.807, 2.05) is 38.1 Å². The number of hydrogen-bond donors (Lipinski definition) is 1. The van der Waals surface area contributed by atoms with E-state index in [0.717, 1.165) is 16.1 Å². The van der Waals surface area contributed by atoms with E-state index in [1.54, 1.807) is 31.4 Å². The van der Waals surface area contributed by atoms with Crippen LogP contribution in [0.3, 0.4) is 0 Å². The molecule has 2 aromatic carbocycles. The van der Waals surface area contributed by atoms with Gasteiger partial charge in [-0.1, -0.05) is 30.3 Å². The minimum absolute atomic E-state index is 0.356. The molecule has 1 heterocycles. The van der Waals surface area contributed by atoms with Crippen molar-refractivity contribution in [3.8, 4) is 11.5 Å². The zero-order valence-electron chi connectivity index (χ0n) is 17.9. The molecular formula is C22H28N2O5S. The van der Waals surface area contributed by atoms with Crippen LogP contribution in [0.25, 0.3) is 0 Å². The van der Waals surface area contributed by atoms with Crippen LogP contribution in [-0.4, -0.2) is 44.6 Å². The van der Waals surface area contributed by atoms with E-state index in [9.17, 15) is 13.2 Å². The highest BCUT2D eigenvalue weighted by Gasteiger charge is 2.38. The number of sulfonamides is 1. The molecule has 0 saturated heterocycles. The number of benzene rings is 2. The van der Waals surface area contributed by atoms with Gasteiger partial charge in [0.25, 0.3) is 0 Å². The van der Waals surface area contributed by atoms with Gasteiger partial charge < -0.3 is 14.8 Å². The highest BCUT2D eigenvalue weighted by molar-refractivity contribution is 7.88.